The Kier molecular flexibility index (Phi) is 5.36. The summed E-state index contributed by atoms with van der Waals surface area (Å²) in [5.74, 6) is -1.37. The van der Waals surface area contributed by atoms with Crippen LogP contribution in [0.2, 0.25) is 0 Å². The first-order chi connectivity index (χ1) is 9.34. The highest BCUT2D eigenvalue weighted by Crippen LogP contribution is 2.20. The zero-order chi connectivity index (χ0) is 15.2. The zero-order valence-corrected chi connectivity index (χ0v) is 10.5. The van der Waals surface area contributed by atoms with Crippen LogP contribution in [0.5, 0.6) is 0 Å². The van der Waals surface area contributed by atoms with Crippen LogP contribution in [0.15, 0.2) is 30.3 Å². The van der Waals surface area contributed by atoms with Gasteiger partial charge in [0.05, 0.1) is 0 Å². The summed E-state index contributed by atoms with van der Waals surface area (Å²) < 4.78 is 42.3. The highest BCUT2D eigenvalue weighted by Gasteiger charge is 2.46. The van der Waals surface area contributed by atoms with Gasteiger partial charge in [0.2, 0.25) is 6.04 Å². The number of hydrogen-bond acceptors (Lipinski definition) is 3. The van der Waals surface area contributed by atoms with Crippen LogP contribution in [-0.2, 0) is 16.1 Å². The molecule has 0 fully saturated rings. The molecule has 1 atom stereocenters. The number of likely N-dealkylation sites (N-methyl/N-ethyl adjacent to an activating group) is 1. The Morgan fingerprint density at radius 3 is 2.35 bits per heavy atom. The van der Waals surface area contributed by atoms with Gasteiger partial charge in [0, 0.05) is 7.05 Å². The van der Waals surface area contributed by atoms with Crippen LogP contribution in [-0.4, -0.2) is 31.3 Å². The number of alkyl carbamates (subject to hydrolysis) is 1. The Hall–Kier alpha value is -2.25. The second-order valence-corrected chi connectivity index (χ2v) is 3.79. The lowest BCUT2D eigenvalue weighted by molar-refractivity contribution is -0.167. The van der Waals surface area contributed by atoms with Gasteiger partial charge in [-0.1, -0.05) is 30.3 Å². The van der Waals surface area contributed by atoms with E-state index >= 15 is 0 Å². The third-order valence-electron chi connectivity index (χ3n) is 2.31. The van der Waals surface area contributed by atoms with E-state index in [1.165, 1.54) is 5.32 Å². The SMILES string of the molecule is CNC(=O)C(NC(=O)OCc1ccccc1)C(F)(F)F. The molecule has 1 unspecified atom stereocenters. The fourth-order valence-electron chi connectivity index (χ4n) is 1.32. The number of rotatable bonds is 4. The normalized spacial score (nSPS) is 12.4. The van der Waals surface area contributed by atoms with Gasteiger partial charge < -0.3 is 15.4 Å². The maximum absolute atomic E-state index is 12.5. The quantitative estimate of drug-likeness (QED) is 0.885. The molecule has 0 aliphatic rings. The lowest BCUT2D eigenvalue weighted by Gasteiger charge is -2.19. The maximum Gasteiger partial charge on any atom is 0.417 e. The molecule has 0 saturated heterocycles. The summed E-state index contributed by atoms with van der Waals surface area (Å²) >= 11 is 0. The number of benzene rings is 1. The van der Waals surface area contributed by atoms with Crippen LogP contribution < -0.4 is 10.6 Å². The van der Waals surface area contributed by atoms with Crippen LogP contribution in [0.3, 0.4) is 0 Å². The Bertz CT molecular complexity index is 463. The average Bonchev–Trinajstić information content (AvgIpc) is 2.41. The number of alkyl halides is 3. The molecule has 5 nitrogen and oxygen atoms in total. The van der Waals surface area contributed by atoms with Crippen molar-refractivity contribution in [2.24, 2.45) is 0 Å². The second kappa shape index (κ2) is 6.78. The van der Waals surface area contributed by atoms with Crippen LogP contribution in [0.25, 0.3) is 0 Å². The van der Waals surface area contributed by atoms with E-state index in [1.54, 1.807) is 30.3 Å². The van der Waals surface area contributed by atoms with E-state index < -0.39 is 24.2 Å². The summed E-state index contributed by atoms with van der Waals surface area (Å²) in [4.78, 5) is 22.3. The summed E-state index contributed by atoms with van der Waals surface area (Å²) in [5.41, 5.74) is 0.617. The van der Waals surface area contributed by atoms with Gasteiger partial charge >= 0.3 is 12.3 Å². The zero-order valence-electron chi connectivity index (χ0n) is 10.5. The number of carbonyl (C=O) groups excluding carboxylic acids is 2. The number of halogens is 3. The van der Waals surface area contributed by atoms with Crippen LogP contribution in [0.1, 0.15) is 5.56 Å². The molecule has 1 rings (SSSR count). The molecule has 1 aromatic carbocycles. The number of carbonyl (C=O) groups is 2. The van der Waals surface area contributed by atoms with E-state index in [2.05, 4.69) is 4.74 Å². The lowest BCUT2D eigenvalue weighted by atomic mass is 10.2. The monoisotopic (exact) mass is 290 g/mol. The van der Waals surface area contributed by atoms with Crippen LogP contribution in [0, 0.1) is 0 Å². The standard InChI is InChI=1S/C12H13F3N2O3/c1-16-10(18)9(12(13,14)15)17-11(19)20-7-8-5-3-2-4-6-8/h2-6,9H,7H2,1H3,(H,16,18)(H,17,19). The van der Waals surface area contributed by atoms with Crippen molar-refractivity contribution in [3.05, 3.63) is 35.9 Å². The van der Waals surface area contributed by atoms with Crippen molar-refractivity contribution in [3.63, 3.8) is 0 Å². The molecule has 110 valence electrons. The Morgan fingerprint density at radius 2 is 1.85 bits per heavy atom. The largest absolute Gasteiger partial charge is 0.445 e. The van der Waals surface area contributed by atoms with E-state index in [-0.39, 0.29) is 6.61 Å². The summed E-state index contributed by atoms with van der Waals surface area (Å²) in [6.45, 7) is -0.189. The lowest BCUT2D eigenvalue weighted by Crippen LogP contribution is -2.54. The average molecular weight is 290 g/mol. The third kappa shape index (κ3) is 4.79. The van der Waals surface area contributed by atoms with Gasteiger partial charge in [0.15, 0.2) is 0 Å². The Balaban J connectivity index is 2.57. The van der Waals surface area contributed by atoms with Gasteiger partial charge in [-0.2, -0.15) is 13.2 Å². The molecule has 8 heteroatoms. The molecule has 0 aliphatic carbocycles. The molecule has 0 radical (unpaired) electrons. The summed E-state index contributed by atoms with van der Waals surface area (Å²) in [5, 5.41) is 3.30. The molecule has 0 spiro atoms. The first kappa shape index (κ1) is 15.8. The van der Waals surface area contributed by atoms with Gasteiger partial charge in [-0.05, 0) is 5.56 Å². The van der Waals surface area contributed by atoms with Crippen LogP contribution >= 0.6 is 0 Å². The highest BCUT2D eigenvalue weighted by atomic mass is 19.4. The number of amides is 2. The third-order valence-corrected chi connectivity index (χ3v) is 2.31. The van der Waals surface area contributed by atoms with Gasteiger partial charge in [-0.3, -0.25) is 4.79 Å². The molecule has 0 aliphatic heterocycles. The molecule has 2 N–H and O–H groups in total. The first-order valence-corrected chi connectivity index (χ1v) is 5.60. The highest BCUT2D eigenvalue weighted by molar-refractivity contribution is 5.86. The van der Waals surface area contributed by atoms with Crippen molar-refractivity contribution in [1.82, 2.24) is 10.6 Å². The molecule has 0 heterocycles. The fourth-order valence-corrected chi connectivity index (χ4v) is 1.32. The fraction of sp³-hybridized carbons (Fsp3) is 0.333. The minimum Gasteiger partial charge on any atom is -0.445 e. The maximum atomic E-state index is 12.5. The van der Waals surface area contributed by atoms with Crippen molar-refractivity contribution in [1.29, 1.82) is 0 Å². The van der Waals surface area contributed by atoms with E-state index in [1.807, 2.05) is 5.32 Å². The predicted molar refractivity (Wildman–Crippen MR) is 63.7 cm³/mol. The number of ether oxygens (including phenoxy) is 1. The van der Waals surface area contributed by atoms with Gasteiger partial charge in [-0.15, -0.1) is 0 Å². The predicted octanol–water partition coefficient (Wildman–Crippen LogP) is 1.59. The van der Waals surface area contributed by atoms with Crippen molar-refractivity contribution >= 4 is 12.0 Å². The molecule has 20 heavy (non-hydrogen) atoms. The van der Waals surface area contributed by atoms with Gasteiger partial charge in [0.1, 0.15) is 6.61 Å². The molecule has 2 amide bonds. The summed E-state index contributed by atoms with van der Waals surface area (Å²) in [6, 6.07) is 5.78. The molecular weight excluding hydrogens is 277 g/mol. The van der Waals surface area contributed by atoms with E-state index in [9.17, 15) is 22.8 Å². The molecular formula is C12H13F3N2O3. The first-order valence-electron chi connectivity index (χ1n) is 5.60. The van der Waals surface area contributed by atoms with Crippen LogP contribution in [0.4, 0.5) is 18.0 Å². The van der Waals surface area contributed by atoms with Crippen molar-refractivity contribution in [2.45, 2.75) is 18.8 Å². The topological polar surface area (TPSA) is 67.4 Å². The van der Waals surface area contributed by atoms with E-state index in [0.717, 1.165) is 7.05 Å². The minimum absolute atomic E-state index is 0.189. The molecule has 1 aromatic rings. The molecule has 0 aromatic heterocycles. The summed E-state index contributed by atoms with van der Waals surface area (Å²) in [7, 11) is 1.04. The van der Waals surface area contributed by atoms with Gasteiger partial charge in [0.25, 0.3) is 5.91 Å². The van der Waals surface area contributed by atoms with Gasteiger partial charge in [-0.25, -0.2) is 4.79 Å². The summed E-state index contributed by atoms with van der Waals surface area (Å²) in [6.07, 6.45) is -6.22. The Morgan fingerprint density at radius 1 is 1.25 bits per heavy atom. The molecule has 0 bridgehead atoms. The number of hydrogen-bond donors (Lipinski definition) is 2. The van der Waals surface area contributed by atoms with Crippen molar-refractivity contribution < 1.29 is 27.5 Å². The van der Waals surface area contributed by atoms with Crippen molar-refractivity contribution in [3.8, 4) is 0 Å². The molecule has 0 saturated carbocycles. The van der Waals surface area contributed by atoms with Crippen molar-refractivity contribution in [2.75, 3.05) is 7.05 Å². The second-order valence-electron chi connectivity index (χ2n) is 3.79. The van der Waals surface area contributed by atoms with E-state index in [0.29, 0.717) is 5.56 Å². The number of nitrogens with one attached hydrogen (secondary N) is 2. The van der Waals surface area contributed by atoms with E-state index in [4.69, 9.17) is 0 Å². The Labute approximate surface area is 113 Å². The minimum atomic E-state index is -4.90. The smallest absolute Gasteiger partial charge is 0.417 e.